The van der Waals surface area contributed by atoms with Crippen molar-refractivity contribution in [2.75, 3.05) is 0 Å². The van der Waals surface area contributed by atoms with E-state index >= 15 is 0 Å². The molecule has 4 heteroatoms. The highest BCUT2D eigenvalue weighted by atomic mass is 16.5. The molecule has 0 radical (unpaired) electrons. The maximum atomic E-state index is 11.7. The number of esters is 2. The lowest BCUT2D eigenvalue weighted by Crippen LogP contribution is -2.22. The van der Waals surface area contributed by atoms with Gasteiger partial charge in [-0.15, -0.1) is 5.92 Å². The fourth-order valence-electron chi connectivity index (χ4n) is 1.52. The van der Waals surface area contributed by atoms with E-state index in [2.05, 4.69) is 18.8 Å². The van der Waals surface area contributed by atoms with Crippen molar-refractivity contribution in [1.82, 2.24) is 0 Å². The van der Waals surface area contributed by atoms with E-state index in [1.165, 1.54) is 0 Å². The highest BCUT2D eigenvalue weighted by Gasteiger charge is 2.16. The van der Waals surface area contributed by atoms with Crippen LogP contribution in [-0.4, -0.2) is 24.1 Å². The van der Waals surface area contributed by atoms with Gasteiger partial charge in [0.2, 0.25) is 0 Å². The summed E-state index contributed by atoms with van der Waals surface area (Å²) in [6, 6.07) is 0. The molecule has 2 atom stereocenters. The van der Waals surface area contributed by atoms with Crippen LogP contribution in [0, 0.1) is 17.8 Å². The fourth-order valence-corrected chi connectivity index (χ4v) is 1.52. The molecule has 0 spiro atoms. The summed E-state index contributed by atoms with van der Waals surface area (Å²) in [4.78, 5) is 23.4. The summed E-state index contributed by atoms with van der Waals surface area (Å²) in [6.45, 7) is 9.85. The van der Waals surface area contributed by atoms with Crippen LogP contribution in [0.25, 0.3) is 0 Å². The Balaban J connectivity index is 4.05. The fraction of sp³-hybridized carbons (Fsp3) is 0.778. The first-order valence-corrected chi connectivity index (χ1v) is 8.25. The minimum Gasteiger partial charge on any atom is -0.462 e. The van der Waals surface area contributed by atoms with E-state index in [0.717, 1.165) is 19.3 Å². The average molecular weight is 310 g/mol. The maximum Gasteiger partial charge on any atom is 0.306 e. The van der Waals surface area contributed by atoms with Gasteiger partial charge in [-0.05, 0) is 25.7 Å². The van der Waals surface area contributed by atoms with Gasteiger partial charge in [-0.3, -0.25) is 9.59 Å². The molecule has 0 saturated carbocycles. The van der Waals surface area contributed by atoms with Crippen LogP contribution in [0.1, 0.15) is 73.1 Å². The number of carbonyl (C=O) groups is 2. The summed E-state index contributed by atoms with van der Waals surface area (Å²) in [5.74, 6) is 5.62. The molecule has 0 aliphatic rings. The van der Waals surface area contributed by atoms with Crippen molar-refractivity contribution in [2.45, 2.75) is 85.4 Å². The van der Waals surface area contributed by atoms with Gasteiger partial charge in [-0.2, -0.15) is 0 Å². The summed E-state index contributed by atoms with van der Waals surface area (Å²) in [5, 5.41) is 0. The first-order valence-electron chi connectivity index (χ1n) is 8.25. The molecule has 0 heterocycles. The first kappa shape index (κ1) is 20.5. The van der Waals surface area contributed by atoms with Gasteiger partial charge in [0.25, 0.3) is 0 Å². The van der Waals surface area contributed by atoms with Crippen LogP contribution < -0.4 is 0 Å². The molecule has 0 aliphatic heterocycles. The summed E-state index contributed by atoms with van der Waals surface area (Å²) < 4.78 is 10.5. The molecule has 0 rings (SSSR count). The Hall–Kier alpha value is -1.50. The second-order valence-electron chi connectivity index (χ2n) is 5.77. The van der Waals surface area contributed by atoms with Crippen LogP contribution >= 0.6 is 0 Å². The molecule has 0 aliphatic carbocycles. The molecule has 0 amide bonds. The van der Waals surface area contributed by atoms with E-state index in [4.69, 9.17) is 9.47 Å². The van der Waals surface area contributed by atoms with Crippen molar-refractivity contribution in [1.29, 1.82) is 0 Å². The number of hydrogen-bond donors (Lipinski definition) is 0. The zero-order valence-electron chi connectivity index (χ0n) is 14.6. The summed E-state index contributed by atoms with van der Waals surface area (Å²) in [7, 11) is 0. The molecule has 2 unspecified atom stereocenters. The van der Waals surface area contributed by atoms with Crippen LogP contribution in [0.4, 0.5) is 0 Å². The highest BCUT2D eigenvalue weighted by molar-refractivity contribution is 5.77. The minimum atomic E-state index is -0.363. The molecule has 0 aromatic rings. The number of unbranched alkanes of at least 4 members (excludes halogenated alkanes) is 1. The van der Waals surface area contributed by atoms with E-state index in [-0.39, 0.29) is 42.9 Å². The standard InChI is InChI=1S/C18H30O4/c1-6-8-9-10-11-16(7-2)22-18(20)13-12-17(19)21-15(5)14(3)4/h14-16H,6-8,11-13H2,1-5H3. The van der Waals surface area contributed by atoms with Crippen molar-refractivity contribution >= 4 is 11.9 Å². The maximum absolute atomic E-state index is 11.7. The molecular formula is C18H30O4. The topological polar surface area (TPSA) is 52.6 Å². The Morgan fingerprint density at radius 2 is 1.55 bits per heavy atom. The molecule has 4 nitrogen and oxygen atoms in total. The van der Waals surface area contributed by atoms with Crippen molar-refractivity contribution in [3.63, 3.8) is 0 Å². The third-order valence-electron chi connectivity index (χ3n) is 3.37. The third kappa shape index (κ3) is 10.3. The van der Waals surface area contributed by atoms with Gasteiger partial charge in [-0.25, -0.2) is 0 Å². The number of carbonyl (C=O) groups excluding carboxylic acids is 2. The van der Waals surface area contributed by atoms with Gasteiger partial charge < -0.3 is 9.47 Å². The molecule has 0 fully saturated rings. The van der Waals surface area contributed by atoms with Crippen LogP contribution in [0.3, 0.4) is 0 Å². The van der Waals surface area contributed by atoms with Gasteiger partial charge >= 0.3 is 11.9 Å². The van der Waals surface area contributed by atoms with Crippen molar-refractivity contribution in [2.24, 2.45) is 5.92 Å². The van der Waals surface area contributed by atoms with Gasteiger partial charge in [-0.1, -0.05) is 33.6 Å². The van der Waals surface area contributed by atoms with E-state index in [9.17, 15) is 9.59 Å². The summed E-state index contributed by atoms with van der Waals surface area (Å²) >= 11 is 0. The normalized spacial score (nSPS) is 13.0. The van der Waals surface area contributed by atoms with E-state index in [0.29, 0.717) is 6.42 Å². The lowest BCUT2D eigenvalue weighted by atomic mass is 10.1. The molecule has 0 saturated heterocycles. The Morgan fingerprint density at radius 1 is 0.955 bits per heavy atom. The molecule has 126 valence electrons. The van der Waals surface area contributed by atoms with Gasteiger partial charge in [0, 0.05) is 12.8 Å². The lowest BCUT2D eigenvalue weighted by molar-refractivity contribution is -0.156. The number of ether oxygens (including phenoxy) is 2. The van der Waals surface area contributed by atoms with E-state index in [1.54, 1.807) is 0 Å². The zero-order valence-corrected chi connectivity index (χ0v) is 14.6. The Labute approximate surface area is 134 Å². The predicted octanol–water partition coefficient (Wildman–Crippen LogP) is 3.87. The van der Waals surface area contributed by atoms with Crippen LogP contribution in [-0.2, 0) is 19.1 Å². The minimum absolute atomic E-state index is 0.0581. The second-order valence-corrected chi connectivity index (χ2v) is 5.77. The molecular weight excluding hydrogens is 280 g/mol. The zero-order chi connectivity index (χ0) is 17.0. The quantitative estimate of drug-likeness (QED) is 0.479. The number of rotatable bonds is 9. The van der Waals surface area contributed by atoms with Crippen molar-refractivity contribution in [3.05, 3.63) is 0 Å². The monoisotopic (exact) mass is 310 g/mol. The molecule has 0 aromatic heterocycles. The van der Waals surface area contributed by atoms with Crippen LogP contribution in [0.5, 0.6) is 0 Å². The second kappa shape index (κ2) is 12.1. The largest absolute Gasteiger partial charge is 0.462 e. The summed E-state index contributed by atoms with van der Waals surface area (Å²) in [6.07, 6.45) is 2.96. The highest BCUT2D eigenvalue weighted by Crippen LogP contribution is 2.09. The van der Waals surface area contributed by atoms with Gasteiger partial charge in [0.05, 0.1) is 12.8 Å². The smallest absolute Gasteiger partial charge is 0.306 e. The Bertz CT molecular complexity index is 390. The first-order chi connectivity index (χ1) is 10.4. The lowest BCUT2D eigenvalue weighted by Gasteiger charge is -2.17. The predicted molar refractivity (Wildman–Crippen MR) is 87.1 cm³/mol. The van der Waals surface area contributed by atoms with Crippen molar-refractivity contribution < 1.29 is 19.1 Å². The van der Waals surface area contributed by atoms with Crippen LogP contribution in [0.15, 0.2) is 0 Å². The van der Waals surface area contributed by atoms with Crippen LogP contribution in [0.2, 0.25) is 0 Å². The van der Waals surface area contributed by atoms with E-state index < -0.39 is 0 Å². The Kier molecular flexibility index (Phi) is 11.3. The summed E-state index contributed by atoms with van der Waals surface area (Å²) in [5.41, 5.74) is 0. The number of hydrogen-bond acceptors (Lipinski definition) is 4. The van der Waals surface area contributed by atoms with Crippen molar-refractivity contribution in [3.8, 4) is 11.8 Å². The Morgan fingerprint density at radius 3 is 2.05 bits per heavy atom. The van der Waals surface area contributed by atoms with Gasteiger partial charge in [0.1, 0.15) is 12.2 Å². The molecule has 22 heavy (non-hydrogen) atoms. The van der Waals surface area contributed by atoms with Gasteiger partial charge in [0.15, 0.2) is 0 Å². The average Bonchev–Trinajstić information content (AvgIpc) is 2.48. The third-order valence-corrected chi connectivity index (χ3v) is 3.37. The SMILES string of the molecule is CCCC#CCC(CC)OC(=O)CCC(=O)OC(C)C(C)C. The molecule has 0 aromatic carbocycles. The molecule has 0 N–H and O–H groups in total. The molecule has 0 bridgehead atoms. The van der Waals surface area contributed by atoms with E-state index in [1.807, 2.05) is 27.7 Å².